The number of carbonyl (C=O) groups is 2. The van der Waals surface area contributed by atoms with Crippen LogP contribution in [0.5, 0.6) is 0 Å². The summed E-state index contributed by atoms with van der Waals surface area (Å²) in [6.45, 7) is -1.14. The van der Waals surface area contributed by atoms with Crippen LogP contribution in [-0.2, 0) is 19.1 Å². The number of hydrogen-bond donors (Lipinski definition) is 0. The second kappa shape index (κ2) is 5.23. The number of carbonyl (C=O) groups excluding carboxylic acids is 2. The molecule has 0 aromatic heterocycles. The fourth-order valence-electron chi connectivity index (χ4n) is 1.62. The van der Waals surface area contributed by atoms with E-state index in [1.165, 1.54) is 13.8 Å². The van der Waals surface area contributed by atoms with Crippen LogP contribution in [0.15, 0.2) is 11.1 Å². The molecule has 1 rings (SSSR count). The molecule has 120 valence electrons. The van der Waals surface area contributed by atoms with E-state index in [0.717, 1.165) is 0 Å². The highest BCUT2D eigenvalue weighted by Gasteiger charge is 2.55. The summed E-state index contributed by atoms with van der Waals surface area (Å²) in [6.07, 6.45) is -9.49. The normalized spacial score (nSPS) is 17.5. The van der Waals surface area contributed by atoms with Gasteiger partial charge >= 0.3 is 24.3 Å². The molecule has 0 amide bonds. The summed E-state index contributed by atoms with van der Waals surface area (Å²) in [4.78, 5) is 22.7. The Kier molecular flexibility index (Phi) is 4.31. The van der Waals surface area contributed by atoms with Crippen molar-refractivity contribution in [1.29, 1.82) is 0 Å². The predicted octanol–water partition coefficient (Wildman–Crippen LogP) is 2.53. The fourth-order valence-corrected chi connectivity index (χ4v) is 1.62. The van der Waals surface area contributed by atoms with Gasteiger partial charge in [0.15, 0.2) is 13.2 Å². The van der Waals surface area contributed by atoms with E-state index in [9.17, 15) is 35.9 Å². The van der Waals surface area contributed by atoms with E-state index >= 15 is 0 Å². The van der Waals surface area contributed by atoms with Crippen LogP contribution >= 0.6 is 0 Å². The largest absolute Gasteiger partial charge is 0.453 e. The predicted molar refractivity (Wildman–Crippen MR) is 54.8 cm³/mol. The van der Waals surface area contributed by atoms with E-state index < -0.39 is 54.1 Å². The highest BCUT2D eigenvalue weighted by atomic mass is 19.4. The SMILES string of the molecule is CC1(C)C(C(=O)OCC(F)(F)F)=C1C(=O)OCC(F)(F)F. The third-order valence-corrected chi connectivity index (χ3v) is 2.58. The molecule has 21 heavy (non-hydrogen) atoms. The zero-order chi connectivity index (χ0) is 16.6. The van der Waals surface area contributed by atoms with E-state index in [4.69, 9.17) is 0 Å². The number of hydrogen-bond acceptors (Lipinski definition) is 4. The number of rotatable bonds is 4. The van der Waals surface area contributed by atoms with E-state index in [1.807, 2.05) is 0 Å². The molecule has 4 nitrogen and oxygen atoms in total. The van der Waals surface area contributed by atoms with Gasteiger partial charge in [0.2, 0.25) is 0 Å². The fraction of sp³-hybridized carbons (Fsp3) is 0.636. The third-order valence-electron chi connectivity index (χ3n) is 2.58. The average Bonchev–Trinajstić information content (AvgIpc) is 2.84. The van der Waals surface area contributed by atoms with Crippen LogP contribution < -0.4 is 0 Å². The van der Waals surface area contributed by atoms with Crippen molar-refractivity contribution >= 4 is 11.9 Å². The Morgan fingerprint density at radius 1 is 0.857 bits per heavy atom. The van der Waals surface area contributed by atoms with Gasteiger partial charge in [-0.25, -0.2) is 9.59 Å². The first kappa shape index (κ1) is 17.3. The van der Waals surface area contributed by atoms with Crippen molar-refractivity contribution in [1.82, 2.24) is 0 Å². The summed E-state index contributed by atoms with van der Waals surface area (Å²) >= 11 is 0. The molecule has 0 bridgehead atoms. The molecule has 0 aromatic rings. The molecule has 0 atom stereocenters. The topological polar surface area (TPSA) is 52.6 Å². The van der Waals surface area contributed by atoms with Gasteiger partial charge in [-0.2, -0.15) is 26.3 Å². The molecule has 0 fully saturated rings. The van der Waals surface area contributed by atoms with Gasteiger partial charge in [0.1, 0.15) is 0 Å². The number of halogens is 6. The molecular weight excluding hydrogens is 310 g/mol. The Balaban J connectivity index is 2.70. The Bertz CT molecular complexity index is 444. The third kappa shape index (κ3) is 4.64. The Morgan fingerprint density at radius 3 is 1.38 bits per heavy atom. The van der Waals surface area contributed by atoms with Gasteiger partial charge in [0, 0.05) is 5.41 Å². The van der Waals surface area contributed by atoms with Crippen molar-refractivity contribution in [2.45, 2.75) is 26.2 Å². The van der Waals surface area contributed by atoms with Crippen molar-refractivity contribution < 1.29 is 45.4 Å². The van der Waals surface area contributed by atoms with Crippen LogP contribution in [0.25, 0.3) is 0 Å². The Labute approximate surface area is 114 Å². The quantitative estimate of drug-likeness (QED) is 0.590. The lowest BCUT2D eigenvalue weighted by molar-refractivity contribution is -0.183. The van der Waals surface area contributed by atoms with Crippen LogP contribution in [0.3, 0.4) is 0 Å². The molecule has 1 aliphatic carbocycles. The Hall–Kier alpha value is -1.74. The van der Waals surface area contributed by atoms with Crippen molar-refractivity contribution in [3.8, 4) is 0 Å². The molecule has 0 saturated heterocycles. The first-order valence-corrected chi connectivity index (χ1v) is 5.48. The molecule has 0 aromatic carbocycles. The van der Waals surface area contributed by atoms with Crippen LogP contribution in [0.2, 0.25) is 0 Å². The standard InChI is InChI=1S/C11H10F6O4/c1-9(2)5(7(18)20-3-10(12,13)14)6(9)8(19)21-4-11(15,16)17/h3-4H2,1-2H3. The van der Waals surface area contributed by atoms with Crippen molar-refractivity contribution in [2.75, 3.05) is 13.2 Å². The van der Waals surface area contributed by atoms with Crippen LogP contribution in [-0.4, -0.2) is 37.5 Å². The first-order valence-electron chi connectivity index (χ1n) is 5.48. The zero-order valence-electron chi connectivity index (χ0n) is 10.8. The maximum Gasteiger partial charge on any atom is 0.422 e. The maximum absolute atomic E-state index is 11.9. The summed E-state index contributed by atoms with van der Waals surface area (Å²) in [5.41, 5.74) is -2.11. The van der Waals surface area contributed by atoms with Crippen molar-refractivity contribution in [3.63, 3.8) is 0 Å². The van der Waals surface area contributed by atoms with E-state index in [1.54, 1.807) is 0 Å². The lowest BCUT2D eigenvalue weighted by Crippen LogP contribution is -2.21. The van der Waals surface area contributed by atoms with E-state index in [0.29, 0.717) is 0 Å². The average molecular weight is 320 g/mol. The van der Waals surface area contributed by atoms with Crippen molar-refractivity contribution in [3.05, 3.63) is 11.1 Å². The molecule has 0 heterocycles. The summed E-state index contributed by atoms with van der Waals surface area (Å²) in [5.74, 6) is -2.81. The monoisotopic (exact) mass is 320 g/mol. The van der Waals surface area contributed by atoms with Gasteiger partial charge in [-0.3, -0.25) is 0 Å². The summed E-state index contributed by atoms with van der Waals surface area (Å²) in [7, 11) is 0. The van der Waals surface area contributed by atoms with Gasteiger partial charge < -0.3 is 9.47 Å². The molecule has 0 unspecified atom stereocenters. The number of esters is 2. The summed E-state index contributed by atoms with van der Waals surface area (Å²) in [5, 5.41) is 0. The summed E-state index contributed by atoms with van der Waals surface area (Å²) < 4.78 is 79.2. The number of ether oxygens (including phenoxy) is 2. The molecule has 0 spiro atoms. The highest BCUT2D eigenvalue weighted by molar-refractivity contribution is 6.11. The maximum atomic E-state index is 11.9. The van der Waals surface area contributed by atoms with Crippen LogP contribution in [0, 0.1) is 5.41 Å². The molecule has 0 aliphatic heterocycles. The molecule has 0 N–H and O–H groups in total. The van der Waals surface area contributed by atoms with E-state index in [2.05, 4.69) is 9.47 Å². The molecule has 1 aliphatic rings. The molecule has 10 heteroatoms. The lowest BCUT2D eigenvalue weighted by Gasteiger charge is -2.09. The second-order valence-corrected chi connectivity index (χ2v) is 4.76. The molecular formula is C11H10F6O4. The van der Waals surface area contributed by atoms with Gasteiger partial charge in [-0.15, -0.1) is 0 Å². The minimum Gasteiger partial charge on any atom is -0.453 e. The highest BCUT2D eigenvalue weighted by Crippen LogP contribution is 2.53. The van der Waals surface area contributed by atoms with Crippen LogP contribution in [0.4, 0.5) is 26.3 Å². The van der Waals surface area contributed by atoms with Gasteiger partial charge in [-0.1, -0.05) is 13.8 Å². The lowest BCUT2D eigenvalue weighted by atomic mass is 10.0. The smallest absolute Gasteiger partial charge is 0.422 e. The zero-order valence-corrected chi connectivity index (χ0v) is 10.8. The minimum atomic E-state index is -4.74. The second-order valence-electron chi connectivity index (χ2n) is 4.76. The van der Waals surface area contributed by atoms with Crippen molar-refractivity contribution in [2.24, 2.45) is 5.41 Å². The van der Waals surface area contributed by atoms with Gasteiger partial charge in [0.05, 0.1) is 11.1 Å². The first-order chi connectivity index (χ1) is 9.26. The van der Waals surface area contributed by atoms with Gasteiger partial charge in [-0.05, 0) is 0 Å². The summed E-state index contributed by atoms with van der Waals surface area (Å²) in [6, 6.07) is 0. The minimum absolute atomic E-state index is 0.418. The van der Waals surface area contributed by atoms with Crippen LogP contribution in [0.1, 0.15) is 13.8 Å². The van der Waals surface area contributed by atoms with E-state index in [-0.39, 0.29) is 0 Å². The Morgan fingerprint density at radius 2 is 1.14 bits per heavy atom. The molecule has 0 radical (unpaired) electrons. The van der Waals surface area contributed by atoms with Gasteiger partial charge in [0.25, 0.3) is 0 Å². The molecule has 0 saturated carbocycles. The number of alkyl halides is 6.